The van der Waals surface area contributed by atoms with E-state index in [9.17, 15) is 19.7 Å². The highest BCUT2D eigenvalue weighted by molar-refractivity contribution is 6.00. The molecule has 0 unspecified atom stereocenters. The highest BCUT2D eigenvalue weighted by atomic mass is 16.6. The molecule has 0 spiro atoms. The van der Waals surface area contributed by atoms with Crippen LogP contribution in [-0.4, -0.2) is 27.4 Å². The van der Waals surface area contributed by atoms with E-state index < -0.39 is 10.8 Å². The van der Waals surface area contributed by atoms with E-state index in [1.165, 1.54) is 22.8 Å². The molecule has 3 aromatic rings. The van der Waals surface area contributed by atoms with Crippen LogP contribution in [0.5, 0.6) is 0 Å². The third-order valence-corrected chi connectivity index (χ3v) is 4.19. The summed E-state index contributed by atoms with van der Waals surface area (Å²) in [5, 5.41) is 14.3. The first kappa shape index (κ1) is 18.8. The predicted molar refractivity (Wildman–Crippen MR) is 105 cm³/mol. The van der Waals surface area contributed by atoms with Gasteiger partial charge in [0.05, 0.1) is 21.4 Å². The molecule has 10 nitrogen and oxygen atoms in total. The van der Waals surface area contributed by atoms with Crippen LogP contribution in [0, 0.1) is 10.1 Å². The summed E-state index contributed by atoms with van der Waals surface area (Å²) >= 11 is 0. The van der Waals surface area contributed by atoms with Crippen LogP contribution < -0.4 is 21.7 Å². The number of hydrogen-bond donors (Lipinski definition) is 3. The van der Waals surface area contributed by atoms with Crippen molar-refractivity contribution in [2.45, 2.75) is 13.5 Å². The summed E-state index contributed by atoms with van der Waals surface area (Å²) in [7, 11) is 1.60. The van der Waals surface area contributed by atoms with Gasteiger partial charge in [-0.05, 0) is 25.1 Å². The van der Waals surface area contributed by atoms with Crippen LogP contribution in [0.1, 0.15) is 17.3 Å². The fraction of sp³-hybridized carbons (Fsp3) is 0.167. The Bertz CT molecular complexity index is 1120. The summed E-state index contributed by atoms with van der Waals surface area (Å²) in [6.45, 7) is 2.12. The molecule has 0 saturated heterocycles. The Kier molecular flexibility index (Phi) is 5.21. The van der Waals surface area contributed by atoms with E-state index in [1.54, 1.807) is 38.2 Å². The first-order valence-corrected chi connectivity index (χ1v) is 8.48. The van der Waals surface area contributed by atoms with E-state index in [0.29, 0.717) is 23.1 Å². The van der Waals surface area contributed by atoms with Crippen molar-refractivity contribution in [3.8, 4) is 0 Å². The van der Waals surface area contributed by atoms with E-state index in [-0.39, 0.29) is 22.8 Å². The van der Waals surface area contributed by atoms with Crippen molar-refractivity contribution >= 4 is 34.1 Å². The average Bonchev–Trinajstić information content (AvgIpc) is 2.71. The molecule has 3 N–H and O–H groups in total. The zero-order chi connectivity index (χ0) is 20.3. The minimum atomic E-state index is -0.613. The van der Waals surface area contributed by atoms with Crippen LogP contribution in [0.15, 0.2) is 47.3 Å². The molecule has 144 valence electrons. The zero-order valence-corrected chi connectivity index (χ0v) is 15.2. The number of nitrogens with one attached hydrogen (secondary N) is 3. The van der Waals surface area contributed by atoms with Gasteiger partial charge in [0, 0.05) is 31.4 Å². The van der Waals surface area contributed by atoms with Crippen molar-refractivity contribution in [2.24, 2.45) is 0 Å². The largest absolute Gasteiger partial charge is 0.387 e. The summed E-state index contributed by atoms with van der Waals surface area (Å²) in [6, 6.07) is 10.8. The number of aromatic nitrogens is 2. The average molecular weight is 382 g/mol. The second-order valence-electron chi connectivity index (χ2n) is 5.82. The zero-order valence-electron chi connectivity index (χ0n) is 15.2. The van der Waals surface area contributed by atoms with Gasteiger partial charge in [-0.1, -0.05) is 12.1 Å². The Labute approximate surface area is 159 Å². The summed E-state index contributed by atoms with van der Waals surface area (Å²) < 4.78 is 1.38. The summed E-state index contributed by atoms with van der Waals surface area (Å²) in [4.78, 5) is 40.0. The number of amides is 1. The predicted octanol–water partition coefficient (Wildman–Crippen LogP) is 2.12. The first-order valence-electron chi connectivity index (χ1n) is 8.48. The van der Waals surface area contributed by atoms with Crippen molar-refractivity contribution in [3.05, 3.63) is 68.5 Å². The van der Waals surface area contributed by atoms with Gasteiger partial charge in [0.25, 0.3) is 17.2 Å². The van der Waals surface area contributed by atoms with E-state index in [2.05, 4.69) is 21.2 Å². The molecule has 0 aliphatic carbocycles. The molecule has 28 heavy (non-hydrogen) atoms. The number of hydrogen-bond acceptors (Lipinski definition) is 7. The van der Waals surface area contributed by atoms with Crippen LogP contribution in [0.4, 0.5) is 17.3 Å². The fourth-order valence-electron chi connectivity index (χ4n) is 2.79. The number of para-hydroxylation sites is 1. The number of rotatable bonds is 6. The van der Waals surface area contributed by atoms with Gasteiger partial charge in [-0.2, -0.15) is 0 Å². The highest BCUT2D eigenvalue weighted by Crippen LogP contribution is 2.21. The number of benzene rings is 2. The van der Waals surface area contributed by atoms with Gasteiger partial charge < -0.3 is 5.32 Å². The van der Waals surface area contributed by atoms with Gasteiger partial charge in [0.2, 0.25) is 5.95 Å². The highest BCUT2D eigenvalue weighted by Gasteiger charge is 2.17. The number of nitro groups is 1. The molecule has 0 bridgehead atoms. The van der Waals surface area contributed by atoms with Crippen molar-refractivity contribution in [3.63, 3.8) is 0 Å². The molecule has 1 aromatic heterocycles. The Morgan fingerprint density at radius 1 is 1.25 bits per heavy atom. The van der Waals surface area contributed by atoms with Crippen LogP contribution in [0.2, 0.25) is 0 Å². The Morgan fingerprint density at radius 2 is 2.00 bits per heavy atom. The second-order valence-corrected chi connectivity index (χ2v) is 5.82. The molecule has 1 heterocycles. The molecule has 0 radical (unpaired) electrons. The lowest BCUT2D eigenvalue weighted by Gasteiger charge is -2.15. The standard InChI is InChI=1S/C18H18N6O4/c1-3-23-17(26)12-6-4-5-7-15(12)20-18(23)22-21-16(25)13-10-11(24(27)28)8-9-14(13)19-2/h4-10,19H,3H2,1-2H3,(H,20,22)(H,21,25). The number of carbonyl (C=O) groups excluding carboxylic acids is 1. The monoisotopic (exact) mass is 382 g/mol. The summed E-state index contributed by atoms with van der Waals surface area (Å²) in [5.41, 5.74) is 5.64. The lowest BCUT2D eigenvalue weighted by molar-refractivity contribution is -0.384. The molecule has 0 atom stereocenters. The minimum absolute atomic E-state index is 0.0791. The third-order valence-electron chi connectivity index (χ3n) is 4.19. The number of hydrazine groups is 1. The van der Waals surface area contributed by atoms with E-state index >= 15 is 0 Å². The number of fused-ring (bicyclic) bond motifs is 1. The molecule has 3 rings (SSSR count). The molecule has 10 heteroatoms. The van der Waals surface area contributed by atoms with E-state index in [0.717, 1.165) is 0 Å². The quantitative estimate of drug-likeness (QED) is 0.439. The number of nitro benzene ring substituents is 1. The fourth-order valence-corrected chi connectivity index (χ4v) is 2.79. The molecule has 0 aliphatic rings. The molecular weight excluding hydrogens is 364 g/mol. The topological polar surface area (TPSA) is 131 Å². The molecule has 2 aromatic carbocycles. The maximum absolute atomic E-state index is 12.6. The van der Waals surface area contributed by atoms with Crippen molar-refractivity contribution in [1.29, 1.82) is 0 Å². The third kappa shape index (κ3) is 3.47. The number of carbonyl (C=O) groups is 1. The Hall–Kier alpha value is -3.95. The Balaban J connectivity index is 1.92. The van der Waals surface area contributed by atoms with Crippen LogP contribution in [-0.2, 0) is 6.54 Å². The maximum atomic E-state index is 12.6. The van der Waals surface area contributed by atoms with Gasteiger partial charge in [-0.25, -0.2) is 4.98 Å². The van der Waals surface area contributed by atoms with Crippen LogP contribution in [0.25, 0.3) is 10.9 Å². The van der Waals surface area contributed by atoms with Gasteiger partial charge >= 0.3 is 0 Å². The molecule has 0 fully saturated rings. The number of non-ortho nitro benzene ring substituents is 1. The normalized spacial score (nSPS) is 10.5. The number of nitrogens with zero attached hydrogens (tertiary/aromatic N) is 3. The summed E-state index contributed by atoms with van der Waals surface area (Å²) in [6.07, 6.45) is 0. The smallest absolute Gasteiger partial charge is 0.272 e. The van der Waals surface area contributed by atoms with Crippen molar-refractivity contribution in [2.75, 3.05) is 17.8 Å². The first-order chi connectivity index (χ1) is 13.5. The minimum Gasteiger partial charge on any atom is -0.387 e. The molecule has 0 saturated carbocycles. The van der Waals surface area contributed by atoms with Gasteiger partial charge in [-0.15, -0.1) is 0 Å². The molecule has 1 amide bonds. The van der Waals surface area contributed by atoms with Crippen LogP contribution >= 0.6 is 0 Å². The number of anilines is 2. The van der Waals surface area contributed by atoms with Crippen molar-refractivity contribution < 1.29 is 9.72 Å². The van der Waals surface area contributed by atoms with Gasteiger partial charge in [-0.3, -0.25) is 35.1 Å². The lowest BCUT2D eigenvalue weighted by Crippen LogP contribution is -2.34. The lowest BCUT2D eigenvalue weighted by atomic mass is 10.1. The van der Waals surface area contributed by atoms with Gasteiger partial charge in [0.1, 0.15) is 0 Å². The maximum Gasteiger partial charge on any atom is 0.272 e. The van der Waals surface area contributed by atoms with Crippen molar-refractivity contribution in [1.82, 2.24) is 15.0 Å². The van der Waals surface area contributed by atoms with Crippen LogP contribution in [0.3, 0.4) is 0 Å². The SMILES string of the molecule is CCn1c(NNC(=O)c2cc([N+](=O)[O-])ccc2NC)nc2ccccc2c1=O. The van der Waals surface area contributed by atoms with Gasteiger partial charge in [0.15, 0.2) is 0 Å². The van der Waals surface area contributed by atoms with E-state index in [4.69, 9.17) is 0 Å². The second kappa shape index (κ2) is 7.74. The Morgan fingerprint density at radius 3 is 2.68 bits per heavy atom. The molecular formula is C18H18N6O4. The molecule has 0 aliphatic heterocycles. The summed E-state index contributed by atoms with van der Waals surface area (Å²) in [5.74, 6) is -0.450. The van der Waals surface area contributed by atoms with E-state index in [1.807, 2.05) is 0 Å².